The van der Waals surface area contributed by atoms with E-state index < -0.39 is 0 Å². The highest BCUT2D eigenvalue weighted by atomic mass is 35.5. The molecule has 1 nitrogen and oxygen atoms in total. The predicted octanol–water partition coefficient (Wildman–Crippen LogP) is 3.63. The van der Waals surface area contributed by atoms with Crippen LogP contribution in [0, 0.1) is 5.82 Å². The van der Waals surface area contributed by atoms with Crippen molar-refractivity contribution in [3.05, 3.63) is 54.1 Å². The molecule has 0 N–H and O–H groups in total. The van der Waals surface area contributed by atoms with Crippen LogP contribution in [0.2, 0.25) is 0 Å². The van der Waals surface area contributed by atoms with Gasteiger partial charge in [-0.1, -0.05) is 12.1 Å². The molecule has 0 unspecified atom stereocenters. The lowest BCUT2D eigenvalue weighted by Gasteiger charge is -2.03. The quantitative estimate of drug-likeness (QED) is 0.706. The molecular weight excluding hydrogens is 213 g/mol. The third-order valence-electron chi connectivity index (χ3n) is 2.21. The van der Waals surface area contributed by atoms with Crippen LogP contribution >= 0.6 is 11.6 Å². The average Bonchev–Trinajstić information content (AvgIpc) is 2.30. The molecular formula is C12H9ClFN. The topological polar surface area (TPSA) is 12.9 Å². The molecule has 0 radical (unpaired) electrons. The molecule has 1 aromatic heterocycles. The Kier molecular flexibility index (Phi) is 2.97. The normalized spacial score (nSPS) is 10.3. The van der Waals surface area contributed by atoms with Crippen molar-refractivity contribution in [3.63, 3.8) is 0 Å². The SMILES string of the molecule is Fc1cc(-c2ccncc2)ccc1CCl. The molecule has 1 aromatic carbocycles. The summed E-state index contributed by atoms with van der Waals surface area (Å²) in [6.07, 6.45) is 3.37. The minimum absolute atomic E-state index is 0.197. The van der Waals surface area contributed by atoms with E-state index in [1.165, 1.54) is 6.07 Å². The molecule has 2 rings (SSSR count). The molecule has 1 heterocycles. The molecule has 0 aliphatic rings. The van der Waals surface area contributed by atoms with E-state index in [0.717, 1.165) is 11.1 Å². The monoisotopic (exact) mass is 221 g/mol. The molecule has 0 aliphatic heterocycles. The first-order valence-electron chi connectivity index (χ1n) is 4.56. The molecule has 76 valence electrons. The van der Waals surface area contributed by atoms with Crippen molar-refractivity contribution in [3.8, 4) is 11.1 Å². The number of alkyl halides is 1. The van der Waals surface area contributed by atoms with E-state index in [1.807, 2.05) is 18.2 Å². The number of benzene rings is 1. The van der Waals surface area contributed by atoms with Gasteiger partial charge in [0.25, 0.3) is 0 Å². The number of nitrogens with zero attached hydrogens (tertiary/aromatic N) is 1. The van der Waals surface area contributed by atoms with Crippen LogP contribution in [0.1, 0.15) is 5.56 Å². The number of pyridine rings is 1. The lowest BCUT2D eigenvalue weighted by atomic mass is 10.1. The van der Waals surface area contributed by atoms with Crippen LogP contribution in [-0.4, -0.2) is 4.98 Å². The number of hydrogen-bond acceptors (Lipinski definition) is 1. The maximum absolute atomic E-state index is 13.4. The van der Waals surface area contributed by atoms with Crippen molar-refractivity contribution in [2.45, 2.75) is 5.88 Å². The van der Waals surface area contributed by atoms with E-state index in [1.54, 1.807) is 18.5 Å². The van der Waals surface area contributed by atoms with Gasteiger partial charge in [-0.3, -0.25) is 4.98 Å². The van der Waals surface area contributed by atoms with E-state index in [0.29, 0.717) is 5.56 Å². The smallest absolute Gasteiger partial charge is 0.128 e. The molecule has 0 saturated carbocycles. The molecule has 0 fully saturated rings. The highest BCUT2D eigenvalue weighted by Gasteiger charge is 2.03. The fourth-order valence-corrected chi connectivity index (χ4v) is 1.60. The number of halogens is 2. The number of rotatable bonds is 2. The Morgan fingerprint density at radius 2 is 1.80 bits per heavy atom. The zero-order chi connectivity index (χ0) is 10.7. The lowest BCUT2D eigenvalue weighted by molar-refractivity contribution is 0.617. The third-order valence-corrected chi connectivity index (χ3v) is 2.50. The maximum atomic E-state index is 13.4. The van der Waals surface area contributed by atoms with Crippen LogP contribution < -0.4 is 0 Å². The van der Waals surface area contributed by atoms with E-state index in [4.69, 9.17) is 11.6 Å². The first-order valence-corrected chi connectivity index (χ1v) is 5.09. The highest BCUT2D eigenvalue weighted by molar-refractivity contribution is 6.17. The molecule has 0 saturated heterocycles. The maximum Gasteiger partial charge on any atom is 0.128 e. The Balaban J connectivity index is 2.43. The Hall–Kier alpha value is -1.41. The fourth-order valence-electron chi connectivity index (χ4n) is 1.38. The van der Waals surface area contributed by atoms with Crippen LogP contribution in [0.25, 0.3) is 11.1 Å². The second-order valence-electron chi connectivity index (χ2n) is 3.18. The molecule has 0 atom stereocenters. The summed E-state index contributed by atoms with van der Waals surface area (Å²) in [4.78, 5) is 3.91. The van der Waals surface area contributed by atoms with Gasteiger partial charge in [-0.2, -0.15) is 0 Å². The molecule has 3 heteroatoms. The summed E-state index contributed by atoms with van der Waals surface area (Å²) in [5.41, 5.74) is 2.31. The Morgan fingerprint density at radius 1 is 1.07 bits per heavy atom. The van der Waals surface area contributed by atoms with Crippen molar-refractivity contribution in [1.82, 2.24) is 4.98 Å². The molecule has 0 spiro atoms. The zero-order valence-electron chi connectivity index (χ0n) is 7.95. The van der Waals surface area contributed by atoms with Gasteiger partial charge in [0.1, 0.15) is 5.82 Å². The third kappa shape index (κ3) is 2.16. The summed E-state index contributed by atoms with van der Waals surface area (Å²) in [7, 11) is 0. The van der Waals surface area contributed by atoms with Crippen LogP contribution in [0.4, 0.5) is 4.39 Å². The lowest BCUT2D eigenvalue weighted by Crippen LogP contribution is -1.87. The van der Waals surface area contributed by atoms with Crippen molar-refractivity contribution >= 4 is 11.6 Å². The van der Waals surface area contributed by atoms with E-state index in [2.05, 4.69) is 4.98 Å². The Morgan fingerprint density at radius 3 is 2.40 bits per heavy atom. The first kappa shape index (κ1) is 10.1. The number of hydrogen-bond donors (Lipinski definition) is 0. The summed E-state index contributed by atoms with van der Waals surface area (Å²) >= 11 is 5.58. The van der Waals surface area contributed by atoms with Crippen LogP contribution in [-0.2, 0) is 5.88 Å². The van der Waals surface area contributed by atoms with Gasteiger partial charge in [-0.15, -0.1) is 11.6 Å². The van der Waals surface area contributed by atoms with Gasteiger partial charge in [-0.25, -0.2) is 4.39 Å². The molecule has 2 aromatic rings. The second kappa shape index (κ2) is 4.41. The van der Waals surface area contributed by atoms with Gasteiger partial charge >= 0.3 is 0 Å². The van der Waals surface area contributed by atoms with E-state index in [9.17, 15) is 4.39 Å². The molecule has 0 bridgehead atoms. The highest BCUT2D eigenvalue weighted by Crippen LogP contribution is 2.21. The summed E-state index contributed by atoms with van der Waals surface area (Å²) in [5, 5.41) is 0. The van der Waals surface area contributed by atoms with Crippen molar-refractivity contribution in [1.29, 1.82) is 0 Å². The fraction of sp³-hybridized carbons (Fsp3) is 0.0833. The van der Waals surface area contributed by atoms with Crippen LogP contribution in [0.5, 0.6) is 0 Å². The number of aromatic nitrogens is 1. The van der Waals surface area contributed by atoms with Crippen molar-refractivity contribution in [2.24, 2.45) is 0 Å². The Bertz CT molecular complexity index is 456. The van der Waals surface area contributed by atoms with Gasteiger partial charge in [0, 0.05) is 18.0 Å². The predicted molar refractivity (Wildman–Crippen MR) is 59.2 cm³/mol. The average molecular weight is 222 g/mol. The van der Waals surface area contributed by atoms with Crippen molar-refractivity contribution in [2.75, 3.05) is 0 Å². The minimum Gasteiger partial charge on any atom is -0.265 e. The summed E-state index contributed by atoms with van der Waals surface area (Å²) in [5.74, 6) is -0.0676. The molecule has 0 aliphatic carbocycles. The van der Waals surface area contributed by atoms with Gasteiger partial charge in [0.15, 0.2) is 0 Å². The van der Waals surface area contributed by atoms with Gasteiger partial charge in [0.05, 0.1) is 5.88 Å². The molecule has 15 heavy (non-hydrogen) atoms. The van der Waals surface area contributed by atoms with Crippen LogP contribution in [0.15, 0.2) is 42.7 Å². The summed E-state index contributed by atoms with van der Waals surface area (Å²) < 4.78 is 13.4. The minimum atomic E-state index is -0.265. The van der Waals surface area contributed by atoms with Crippen LogP contribution in [0.3, 0.4) is 0 Å². The standard InChI is InChI=1S/C12H9ClFN/c13-8-11-2-1-10(7-12(11)14)9-3-5-15-6-4-9/h1-7H,8H2. The second-order valence-corrected chi connectivity index (χ2v) is 3.44. The van der Waals surface area contributed by atoms with Gasteiger partial charge in [0.2, 0.25) is 0 Å². The van der Waals surface area contributed by atoms with E-state index in [-0.39, 0.29) is 11.7 Å². The van der Waals surface area contributed by atoms with E-state index >= 15 is 0 Å². The van der Waals surface area contributed by atoms with Crippen molar-refractivity contribution < 1.29 is 4.39 Å². The summed E-state index contributed by atoms with van der Waals surface area (Å²) in [6, 6.07) is 8.74. The largest absolute Gasteiger partial charge is 0.265 e. The molecule has 0 amide bonds. The van der Waals surface area contributed by atoms with Gasteiger partial charge < -0.3 is 0 Å². The van der Waals surface area contributed by atoms with Gasteiger partial charge in [-0.05, 0) is 29.3 Å². The summed E-state index contributed by atoms with van der Waals surface area (Å²) in [6.45, 7) is 0. The zero-order valence-corrected chi connectivity index (χ0v) is 8.71. The first-order chi connectivity index (χ1) is 7.31. The Labute approximate surface area is 92.5 Å².